The van der Waals surface area contributed by atoms with Crippen molar-refractivity contribution in [2.24, 2.45) is 7.05 Å². The molecule has 0 amide bonds. The van der Waals surface area contributed by atoms with Crippen LogP contribution < -0.4 is 4.57 Å². The summed E-state index contributed by atoms with van der Waals surface area (Å²) in [6.07, 6.45) is 3.82. The van der Waals surface area contributed by atoms with Gasteiger partial charge in [0.05, 0.1) is 7.05 Å². The van der Waals surface area contributed by atoms with E-state index in [1.807, 2.05) is 72.8 Å². The number of para-hydroxylation sites is 1. The van der Waals surface area contributed by atoms with E-state index in [2.05, 4.69) is 11.1 Å². The molecule has 3 aromatic heterocycles. The summed E-state index contributed by atoms with van der Waals surface area (Å²) in [6, 6.07) is 15.3. The average Bonchev–Trinajstić information content (AvgIpc) is 3.32. The van der Waals surface area contributed by atoms with Crippen LogP contribution in [-0.2, 0) is 7.05 Å². The first-order valence-corrected chi connectivity index (χ1v) is 9.97. The van der Waals surface area contributed by atoms with Crippen molar-refractivity contribution in [3.63, 3.8) is 0 Å². The predicted molar refractivity (Wildman–Crippen MR) is 121 cm³/mol. The molecule has 0 fully saturated rings. The number of fused-ring (bicyclic) bond motifs is 3. The molecule has 1 atom stereocenters. The van der Waals surface area contributed by atoms with Crippen LogP contribution in [0.4, 0.5) is 0 Å². The summed E-state index contributed by atoms with van der Waals surface area (Å²) in [5.41, 5.74) is 5.19. The Labute approximate surface area is 182 Å². The summed E-state index contributed by atoms with van der Waals surface area (Å²) < 4.78 is 42.9. The highest BCUT2D eigenvalue weighted by molar-refractivity contribution is 6.08. The second-order valence-corrected chi connectivity index (χ2v) is 7.79. The maximum Gasteiger partial charge on any atom is 0.297 e. The van der Waals surface area contributed by atoms with E-state index in [0.29, 0.717) is 17.0 Å². The molecule has 0 aliphatic rings. The molecule has 0 saturated carbocycles. The molecule has 5 rings (SSSR count). The minimum atomic E-state index is -2.49. The van der Waals surface area contributed by atoms with Gasteiger partial charge < -0.3 is 4.42 Å². The Hall–Kier alpha value is -3.40. The van der Waals surface area contributed by atoms with Gasteiger partial charge >= 0.3 is 0 Å². The molecule has 2 aromatic carbocycles. The molecular weight excluding hydrogens is 370 g/mol. The lowest BCUT2D eigenvalue weighted by molar-refractivity contribution is -0.659. The highest BCUT2D eigenvalue weighted by Gasteiger charge is 2.27. The smallest absolute Gasteiger partial charge is 0.297 e. The molecule has 30 heavy (non-hydrogen) atoms. The lowest BCUT2D eigenvalue weighted by atomic mass is 10.00. The van der Waals surface area contributed by atoms with E-state index in [1.165, 1.54) is 6.92 Å². The monoisotopic (exact) mass is 400 g/mol. The van der Waals surface area contributed by atoms with Crippen molar-refractivity contribution in [3.8, 4) is 17.1 Å². The van der Waals surface area contributed by atoms with Crippen LogP contribution in [0.3, 0.4) is 0 Å². The van der Waals surface area contributed by atoms with E-state index in [1.54, 1.807) is 12.1 Å². The standard InChI is InChI=1S/C26H26N3O/c1-16(2)19-8-6-7-9-22(19)29-15-14-28(5)26(29)23-17(3)10-12-20-21-13-11-18(4)27-25(21)30-24(20)23/h6-16H,1-5H3/q+1/i1D3,16D. The molecule has 1 unspecified atom stereocenters. The molecule has 0 radical (unpaired) electrons. The molecule has 3 heterocycles. The summed E-state index contributed by atoms with van der Waals surface area (Å²) in [5.74, 6) is -0.960. The van der Waals surface area contributed by atoms with Gasteiger partial charge in [-0.2, -0.15) is 4.57 Å². The van der Waals surface area contributed by atoms with Crippen molar-refractivity contribution in [2.45, 2.75) is 33.5 Å². The average molecular weight is 401 g/mol. The van der Waals surface area contributed by atoms with Crippen LogP contribution in [0, 0.1) is 13.8 Å². The second-order valence-electron chi connectivity index (χ2n) is 7.79. The topological polar surface area (TPSA) is 34.8 Å². The first-order chi connectivity index (χ1) is 16.0. The number of rotatable bonds is 3. The molecule has 0 bridgehead atoms. The fourth-order valence-corrected chi connectivity index (χ4v) is 4.16. The van der Waals surface area contributed by atoms with Gasteiger partial charge in [-0.25, -0.2) is 9.55 Å². The molecule has 0 aliphatic heterocycles. The van der Waals surface area contributed by atoms with Crippen molar-refractivity contribution in [3.05, 3.63) is 77.7 Å². The van der Waals surface area contributed by atoms with E-state index in [4.69, 9.17) is 9.90 Å². The predicted octanol–water partition coefficient (Wildman–Crippen LogP) is 6.00. The van der Waals surface area contributed by atoms with E-state index >= 15 is 0 Å². The van der Waals surface area contributed by atoms with E-state index in [-0.39, 0.29) is 0 Å². The van der Waals surface area contributed by atoms with Crippen LogP contribution in [-0.4, -0.2) is 9.55 Å². The van der Waals surface area contributed by atoms with E-state index in [0.717, 1.165) is 39.0 Å². The number of nitrogens with zero attached hydrogens (tertiary/aromatic N) is 3. The zero-order valence-electron chi connectivity index (χ0n) is 21.5. The molecule has 4 heteroatoms. The van der Waals surface area contributed by atoms with Crippen LogP contribution in [0.25, 0.3) is 39.1 Å². The van der Waals surface area contributed by atoms with Gasteiger partial charge in [0.25, 0.3) is 5.82 Å². The van der Waals surface area contributed by atoms with Gasteiger partial charge in [-0.3, -0.25) is 0 Å². The molecule has 150 valence electrons. The van der Waals surface area contributed by atoms with Crippen LogP contribution in [0.15, 0.2) is 65.3 Å². The number of hydrogen-bond donors (Lipinski definition) is 0. The Morgan fingerprint density at radius 3 is 2.73 bits per heavy atom. The normalized spacial score (nSPS) is 16.1. The third-order valence-corrected chi connectivity index (χ3v) is 5.65. The number of benzene rings is 2. The van der Waals surface area contributed by atoms with Gasteiger partial charge in [-0.15, -0.1) is 0 Å². The SMILES string of the molecule is [2H]C([2H])([2H])C([2H])(C)c1ccccc1-n1cc[n+](C)c1-c1c(C)ccc2c1oc1nc(C)ccc12. The molecule has 0 N–H and O–H groups in total. The molecule has 0 saturated heterocycles. The summed E-state index contributed by atoms with van der Waals surface area (Å²) >= 11 is 0. The van der Waals surface area contributed by atoms with Crippen molar-refractivity contribution in [1.82, 2.24) is 9.55 Å². The number of aryl methyl sites for hydroxylation is 3. The zero-order chi connectivity index (χ0) is 24.4. The van der Waals surface area contributed by atoms with Crippen LogP contribution in [0.2, 0.25) is 0 Å². The fraction of sp³-hybridized carbons (Fsp3) is 0.231. The molecule has 0 aliphatic carbocycles. The van der Waals surface area contributed by atoms with Crippen molar-refractivity contribution < 1.29 is 14.5 Å². The number of imidazole rings is 1. The first-order valence-electron chi connectivity index (χ1n) is 12.0. The van der Waals surface area contributed by atoms with Crippen molar-refractivity contribution in [2.75, 3.05) is 0 Å². The number of aromatic nitrogens is 3. The lowest BCUT2D eigenvalue weighted by Gasteiger charge is -2.12. The van der Waals surface area contributed by atoms with Gasteiger partial charge in [0.2, 0.25) is 5.71 Å². The van der Waals surface area contributed by atoms with Crippen molar-refractivity contribution >= 4 is 22.1 Å². The van der Waals surface area contributed by atoms with Crippen LogP contribution >= 0.6 is 0 Å². The summed E-state index contributed by atoms with van der Waals surface area (Å²) in [7, 11) is 1.95. The van der Waals surface area contributed by atoms with Gasteiger partial charge in [-0.05, 0) is 43.5 Å². The largest absolute Gasteiger partial charge is 0.437 e. The third kappa shape index (κ3) is 2.75. The maximum absolute atomic E-state index is 8.75. The third-order valence-electron chi connectivity index (χ3n) is 5.65. The quantitative estimate of drug-likeness (QED) is 0.348. The fourth-order valence-electron chi connectivity index (χ4n) is 4.16. The Balaban J connectivity index is 1.83. The number of furan rings is 1. The molecule has 4 nitrogen and oxygen atoms in total. The molecule has 5 aromatic rings. The Bertz CT molecular complexity index is 1560. The van der Waals surface area contributed by atoms with Gasteiger partial charge in [-0.1, -0.05) is 44.1 Å². The minimum absolute atomic E-state index is 0.430. The number of hydrogen-bond acceptors (Lipinski definition) is 2. The van der Waals surface area contributed by atoms with Crippen molar-refractivity contribution in [1.29, 1.82) is 0 Å². The Kier molecular flexibility index (Phi) is 3.32. The number of pyridine rings is 1. The minimum Gasteiger partial charge on any atom is -0.437 e. The summed E-state index contributed by atoms with van der Waals surface area (Å²) in [5, 5.41) is 1.92. The Morgan fingerprint density at radius 2 is 1.90 bits per heavy atom. The zero-order valence-corrected chi connectivity index (χ0v) is 17.5. The highest BCUT2D eigenvalue weighted by atomic mass is 16.3. The summed E-state index contributed by atoms with van der Waals surface area (Å²) in [6.45, 7) is 2.92. The van der Waals surface area contributed by atoms with E-state index in [9.17, 15) is 0 Å². The molecular formula is C26H26N3O+. The lowest BCUT2D eigenvalue weighted by Crippen LogP contribution is -2.29. The van der Waals surface area contributed by atoms with Gasteiger partial charge in [0.1, 0.15) is 23.6 Å². The highest BCUT2D eigenvalue weighted by Crippen LogP contribution is 2.37. The van der Waals surface area contributed by atoms with E-state index < -0.39 is 12.7 Å². The Morgan fingerprint density at radius 1 is 1.10 bits per heavy atom. The molecule has 0 spiro atoms. The maximum atomic E-state index is 8.75. The van der Waals surface area contributed by atoms with Crippen LogP contribution in [0.5, 0.6) is 0 Å². The summed E-state index contributed by atoms with van der Waals surface area (Å²) in [4.78, 5) is 4.57. The van der Waals surface area contributed by atoms with Gasteiger partial charge in [0, 0.05) is 27.5 Å². The van der Waals surface area contributed by atoms with Crippen LogP contribution in [0.1, 0.15) is 42.0 Å². The first kappa shape index (κ1) is 14.6. The second kappa shape index (κ2) is 6.84. The van der Waals surface area contributed by atoms with Gasteiger partial charge in [0.15, 0.2) is 5.58 Å².